The zero-order valence-electron chi connectivity index (χ0n) is 7.47. The molecule has 0 unspecified atom stereocenters. The fourth-order valence-electron chi connectivity index (χ4n) is 0.966. The van der Waals surface area contributed by atoms with Crippen LogP contribution < -0.4 is 0 Å². The van der Waals surface area contributed by atoms with Crippen LogP contribution in [0.15, 0.2) is 24.3 Å². The molecule has 1 nitrogen and oxygen atoms in total. The van der Waals surface area contributed by atoms with Gasteiger partial charge in [-0.2, -0.15) is 0 Å². The summed E-state index contributed by atoms with van der Waals surface area (Å²) >= 11 is 5.74. The van der Waals surface area contributed by atoms with Gasteiger partial charge in [0.15, 0.2) is 5.67 Å². The Labute approximate surface area is 81.5 Å². The quantitative estimate of drug-likeness (QED) is 0.670. The lowest BCUT2D eigenvalue weighted by Crippen LogP contribution is -2.26. The van der Waals surface area contributed by atoms with E-state index in [1.807, 2.05) is 0 Å². The highest BCUT2D eigenvalue weighted by molar-refractivity contribution is 6.34. The van der Waals surface area contributed by atoms with Crippen molar-refractivity contribution in [3.8, 4) is 0 Å². The molecule has 0 saturated carbocycles. The molecule has 0 saturated heterocycles. The molecular formula is C10H10ClFO. The number of Topliss-reactive ketones (excluding diaryl/α,β-unsaturated/α-hetero) is 1. The second kappa shape index (κ2) is 3.46. The summed E-state index contributed by atoms with van der Waals surface area (Å²) in [5.74, 6) is -0.585. The summed E-state index contributed by atoms with van der Waals surface area (Å²) in [4.78, 5) is 11.4. The Bertz CT molecular complexity index is 328. The first-order valence-corrected chi connectivity index (χ1v) is 4.29. The van der Waals surface area contributed by atoms with Crippen LogP contribution in [0, 0.1) is 0 Å². The summed E-state index contributed by atoms with van der Waals surface area (Å²) in [6.45, 7) is 2.44. The molecule has 70 valence electrons. The van der Waals surface area contributed by atoms with Gasteiger partial charge < -0.3 is 0 Å². The summed E-state index contributed by atoms with van der Waals surface area (Å²) in [6.07, 6.45) is 0. The predicted octanol–water partition coefficient (Wildman–Crippen LogP) is 3.27. The van der Waals surface area contributed by atoms with Crippen LogP contribution >= 0.6 is 11.6 Å². The first-order chi connectivity index (χ1) is 5.93. The highest BCUT2D eigenvalue weighted by atomic mass is 35.5. The van der Waals surface area contributed by atoms with Crippen LogP contribution in [-0.2, 0) is 0 Å². The molecule has 3 heteroatoms. The van der Waals surface area contributed by atoms with E-state index in [0.29, 0.717) is 5.02 Å². The van der Waals surface area contributed by atoms with Gasteiger partial charge in [0.1, 0.15) is 0 Å². The monoisotopic (exact) mass is 200 g/mol. The van der Waals surface area contributed by atoms with E-state index in [0.717, 1.165) is 0 Å². The lowest BCUT2D eigenvalue weighted by molar-refractivity contribution is 0.0760. The standard InChI is InChI=1S/C10H10ClFO/c1-10(2,12)9(13)7-5-3-4-6-8(7)11/h3-6H,1-2H3. The Hall–Kier alpha value is -0.890. The molecule has 0 aliphatic heterocycles. The van der Waals surface area contributed by atoms with Gasteiger partial charge in [0.25, 0.3) is 0 Å². The molecule has 0 radical (unpaired) electrons. The molecule has 0 N–H and O–H groups in total. The van der Waals surface area contributed by atoms with E-state index in [4.69, 9.17) is 11.6 Å². The molecule has 0 heterocycles. The number of benzene rings is 1. The molecule has 0 aromatic heterocycles. The number of hydrogen-bond acceptors (Lipinski definition) is 1. The van der Waals surface area contributed by atoms with Crippen LogP contribution in [0.1, 0.15) is 24.2 Å². The minimum Gasteiger partial charge on any atom is -0.291 e. The van der Waals surface area contributed by atoms with Gasteiger partial charge in [-0.1, -0.05) is 23.7 Å². The molecule has 0 fully saturated rings. The number of hydrogen-bond donors (Lipinski definition) is 0. The van der Waals surface area contributed by atoms with E-state index >= 15 is 0 Å². The van der Waals surface area contributed by atoms with Gasteiger partial charge in [-0.05, 0) is 26.0 Å². The minimum atomic E-state index is -1.87. The lowest BCUT2D eigenvalue weighted by atomic mass is 9.98. The van der Waals surface area contributed by atoms with Gasteiger partial charge in [0.2, 0.25) is 5.78 Å². The van der Waals surface area contributed by atoms with Crippen molar-refractivity contribution in [2.45, 2.75) is 19.5 Å². The molecule has 0 aliphatic carbocycles. The molecule has 1 aromatic rings. The number of carbonyl (C=O) groups excluding carboxylic acids is 1. The number of ketones is 1. The summed E-state index contributed by atoms with van der Waals surface area (Å²) < 4.78 is 13.2. The van der Waals surface area contributed by atoms with E-state index in [9.17, 15) is 9.18 Å². The van der Waals surface area contributed by atoms with Gasteiger partial charge in [0.05, 0.1) is 5.02 Å². The Morgan fingerprint density at radius 2 is 1.92 bits per heavy atom. The topological polar surface area (TPSA) is 17.1 Å². The van der Waals surface area contributed by atoms with E-state index in [1.54, 1.807) is 18.2 Å². The first-order valence-electron chi connectivity index (χ1n) is 3.91. The molecule has 1 rings (SSSR count). The van der Waals surface area contributed by atoms with Gasteiger partial charge in [0, 0.05) is 5.56 Å². The highest BCUT2D eigenvalue weighted by Gasteiger charge is 2.28. The van der Waals surface area contributed by atoms with Gasteiger partial charge in [-0.25, -0.2) is 4.39 Å². The number of carbonyl (C=O) groups is 1. The Kier molecular flexibility index (Phi) is 2.71. The largest absolute Gasteiger partial charge is 0.291 e. The third-order valence-electron chi connectivity index (χ3n) is 1.66. The normalized spacial score (nSPS) is 11.4. The van der Waals surface area contributed by atoms with Crippen molar-refractivity contribution in [2.24, 2.45) is 0 Å². The van der Waals surface area contributed by atoms with Crippen LogP contribution in [-0.4, -0.2) is 11.5 Å². The molecular weight excluding hydrogens is 191 g/mol. The van der Waals surface area contributed by atoms with Gasteiger partial charge in [-0.15, -0.1) is 0 Å². The SMILES string of the molecule is CC(C)(F)C(=O)c1ccccc1Cl. The highest BCUT2D eigenvalue weighted by Crippen LogP contribution is 2.22. The van der Waals surface area contributed by atoms with Gasteiger partial charge in [-0.3, -0.25) is 4.79 Å². The maximum absolute atomic E-state index is 13.2. The van der Waals surface area contributed by atoms with E-state index in [1.165, 1.54) is 19.9 Å². The Morgan fingerprint density at radius 3 is 2.38 bits per heavy atom. The summed E-state index contributed by atoms with van der Waals surface area (Å²) in [5.41, 5.74) is -1.64. The average Bonchev–Trinajstić information content (AvgIpc) is 2.02. The number of halogens is 2. The minimum absolute atomic E-state index is 0.233. The van der Waals surface area contributed by atoms with Crippen molar-refractivity contribution in [1.29, 1.82) is 0 Å². The second-order valence-electron chi connectivity index (χ2n) is 3.28. The van der Waals surface area contributed by atoms with Crippen LogP contribution in [0.4, 0.5) is 4.39 Å². The third-order valence-corrected chi connectivity index (χ3v) is 1.99. The maximum Gasteiger partial charge on any atom is 0.200 e. The van der Waals surface area contributed by atoms with Crippen molar-refractivity contribution in [2.75, 3.05) is 0 Å². The molecule has 1 aromatic carbocycles. The lowest BCUT2D eigenvalue weighted by Gasteiger charge is -2.13. The molecule has 0 aliphatic rings. The van der Waals surface area contributed by atoms with Crippen molar-refractivity contribution < 1.29 is 9.18 Å². The Balaban J connectivity index is 3.10. The van der Waals surface area contributed by atoms with Crippen LogP contribution in [0.3, 0.4) is 0 Å². The first kappa shape index (κ1) is 10.2. The molecule has 0 atom stereocenters. The average molecular weight is 201 g/mol. The van der Waals surface area contributed by atoms with Crippen LogP contribution in [0.5, 0.6) is 0 Å². The molecule has 0 bridgehead atoms. The van der Waals surface area contributed by atoms with Crippen LogP contribution in [0.25, 0.3) is 0 Å². The van der Waals surface area contributed by atoms with Crippen LogP contribution in [0.2, 0.25) is 5.02 Å². The molecule has 13 heavy (non-hydrogen) atoms. The Morgan fingerprint density at radius 1 is 1.38 bits per heavy atom. The summed E-state index contributed by atoms with van der Waals surface area (Å²) in [6, 6.07) is 6.45. The number of alkyl halides is 1. The predicted molar refractivity (Wildman–Crippen MR) is 51.0 cm³/mol. The summed E-state index contributed by atoms with van der Waals surface area (Å²) in [7, 11) is 0. The van der Waals surface area contributed by atoms with Crippen molar-refractivity contribution in [1.82, 2.24) is 0 Å². The van der Waals surface area contributed by atoms with Gasteiger partial charge >= 0.3 is 0 Å². The third kappa shape index (κ3) is 2.28. The zero-order chi connectivity index (χ0) is 10.1. The van der Waals surface area contributed by atoms with E-state index < -0.39 is 11.5 Å². The smallest absolute Gasteiger partial charge is 0.200 e. The fraction of sp³-hybridized carbons (Fsp3) is 0.300. The second-order valence-corrected chi connectivity index (χ2v) is 3.69. The fourth-order valence-corrected chi connectivity index (χ4v) is 1.19. The van der Waals surface area contributed by atoms with Crippen molar-refractivity contribution in [3.05, 3.63) is 34.9 Å². The summed E-state index contributed by atoms with van der Waals surface area (Å²) in [5, 5.41) is 0.290. The zero-order valence-corrected chi connectivity index (χ0v) is 8.23. The molecule has 0 amide bonds. The van der Waals surface area contributed by atoms with E-state index in [2.05, 4.69) is 0 Å². The van der Waals surface area contributed by atoms with Crippen molar-refractivity contribution >= 4 is 17.4 Å². The van der Waals surface area contributed by atoms with Crippen molar-refractivity contribution in [3.63, 3.8) is 0 Å². The van der Waals surface area contributed by atoms with E-state index in [-0.39, 0.29) is 5.56 Å². The number of rotatable bonds is 2. The molecule has 0 spiro atoms. The maximum atomic E-state index is 13.2.